The van der Waals surface area contributed by atoms with Crippen LogP contribution >= 0.6 is 11.6 Å². The Morgan fingerprint density at radius 3 is 1.81 bits per heavy atom. The zero-order valence-corrected chi connectivity index (χ0v) is 21.8. The number of hydrogen-bond acceptors (Lipinski definition) is 3. The molecule has 4 aromatic carbocycles. The summed E-state index contributed by atoms with van der Waals surface area (Å²) in [6.07, 6.45) is 0. The molecule has 37 heavy (non-hydrogen) atoms. The summed E-state index contributed by atoms with van der Waals surface area (Å²) in [5.74, 6) is 0.159. The molecule has 0 spiro atoms. The molecule has 0 heterocycles. The smallest absolute Gasteiger partial charge is 0.255 e. The second-order valence-corrected chi connectivity index (χ2v) is 10.1. The van der Waals surface area contributed by atoms with Crippen LogP contribution in [0.3, 0.4) is 0 Å². The summed E-state index contributed by atoms with van der Waals surface area (Å²) in [6, 6.07) is 29.0. The predicted octanol–water partition coefficient (Wildman–Crippen LogP) is 7.72. The molecule has 2 amide bonds. The third-order valence-corrected chi connectivity index (χ3v) is 6.23. The summed E-state index contributed by atoms with van der Waals surface area (Å²) in [5.41, 5.74) is 4.29. The number of benzene rings is 4. The number of halogens is 1. The van der Waals surface area contributed by atoms with Gasteiger partial charge >= 0.3 is 0 Å². The van der Waals surface area contributed by atoms with E-state index in [2.05, 4.69) is 31.4 Å². The van der Waals surface area contributed by atoms with Crippen LogP contribution in [0.5, 0.6) is 5.75 Å². The highest BCUT2D eigenvalue weighted by molar-refractivity contribution is 6.31. The van der Waals surface area contributed by atoms with Crippen LogP contribution in [0.1, 0.15) is 52.6 Å². The lowest BCUT2D eigenvalue weighted by Crippen LogP contribution is -2.15. The van der Waals surface area contributed by atoms with Crippen LogP contribution in [0.4, 0.5) is 11.4 Å². The van der Waals surface area contributed by atoms with E-state index < -0.39 is 0 Å². The molecule has 188 valence electrons. The second-order valence-electron chi connectivity index (χ2n) is 9.72. The summed E-state index contributed by atoms with van der Waals surface area (Å²) in [6.45, 7) is 6.73. The average molecular weight is 513 g/mol. The predicted molar refractivity (Wildman–Crippen MR) is 150 cm³/mol. The first kappa shape index (κ1) is 26.0. The van der Waals surface area contributed by atoms with Crippen molar-refractivity contribution in [2.75, 3.05) is 10.6 Å². The minimum absolute atomic E-state index is 0.0192. The standard InChI is InChI=1S/C31H29ClN2O3/c1-31(2,3)24-15-11-21(12-16-24)29(35)33-25-8-6-9-26(19-25)34-30(36)22-13-17-27(18-14-22)37-20-23-7-4-5-10-28(23)32/h4-19H,20H2,1-3H3,(H,33,35)(H,34,36). The van der Waals surface area contributed by atoms with E-state index >= 15 is 0 Å². The highest BCUT2D eigenvalue weighted by atomic mass is 35.5. The molecule has 5 nitrogen and oxygen atoms in total. The average Bonchev–Trinajstić information content (AvgIpc) is 2.88. The number of nitrogens with one attached hydrogen (secondary N) is 2. The number of carbonyl (C=O) groups is 2. The van der Waals surface area contributed by atoms with E-state index in [0.29, 0.717) is 39.9 Å². The van der Waals surface area contributed by atoms with E-state index in [9.17, 15) is 9.59 Å². The van der Waals surface area contributed by atoms with Crippen molar-refractivity contribution in [3.63, 3.8) is 0 Å². The van der Waals surface area contributed by atoms with Crippen LogP contribution < -0.4 is 15.4 Å². The normalized spacial score (nSPS) is 11.0. The minimum Gasteiger partial charge on any atom is -0.489 e. The maximum absolute atomic E-state index is 12.8. The Morgan fingerprint density at radius 1 is 0.730 bits per heavy atom. The first-order valence-electron chi connectivity index (χ1n) is 12.0. The molecule has 0 unspecified atom stereocenters. The van der Waals surface area contributed by atoms with E-state index in [-0.39, 0.29) is 17.2 Å². The largest absolute Gasteiger partial charge is 0.489 e. The molecule has 0 saturated carbocycles. The Bertz CT molecular complexity index is 1390. The third kappa shape index (κ3) is 6.99. The summed E-state index contributed by atoms with van der Waals surface area (Å²) in [5, 5.41) is 6.41. The number of amides is 2. The topological polar surface area (TPSA) is 67.4 Å². The van der Waals surface area contributed by atoms with Gasteiger partial charge in [-0.3, -0.25) is 9.59 Å². The number of hydrogen-bond donors (Lipinski definition) is 2. The monoisotopic (exact) mass is 512 g/mol. The van der Waals surface area contributed by atoms with Crippen LogP contribution in [0.2, 0.25) is 5.02 Å². The molecule has 0 saturated heterocycles. The van der Waals surface area contributed by atoms with Gasteiger partial charge in [-0.25, -0.2) is 0 Å². The van der Waals surface area contributed by atoms with Crippen molar-refractivity contribution in [3.05, 3.63) is 124 Å². The van der Waals surface area contributed by atoms with Gasteiger partial charge in [-0.05, 0) is 71.6 Å². The van der Waals surface area contributed by atoms with Crippen molar-refractivity contribution < 1.29 is 14.3 Å². The van der Waals surface area contributed by atoms with Gasteiger partial charge in [-0.2, -0.15) is 0 Å². The van der Waals surface area contributed by atoms with Crippen molar-refractivity contribution in [1.29, 1.82) is 0 Å². The first-order valence-corrected chi connectivity index (χ1v) is 12.4. The highest BCUT2D eigenvalue weighted by Crippen LogP contribution is 2.23. The van der Waals surface area contributed by atoms with Crippen molar-refractivity contribution in [2.45, 2.75) is 32.8 Å². The molecular formula is C31H29ClN2O3. The van der Waals surface area contributed by atoms with E-state index in [4.69, 9.17) is 16.3 Å². The molecule has 6 heteroatoms. The van der Waals surface area contributed by atoms with E-state index in [0.717, 1.165) is 11.1 Å². The fourth-order valence-electron chi connectivity index (χ4n) is 3.68. The Morgan fingerprint density at radius 2 is 1.27 bits per heavy atom. The lowest BCUT2D eigenvalue weighted by atomic mass is 9.87. The van der Waals surface area contributed by atoms with Crippen LogP contribution in [-0.2, 0) is 12.0 Å². The van der Waals surface area contributed by atoms with Gasteiger partial charge in [-0.1, -0.05) is 68.8 Å². The van der Waals surface area contributed by atoms with Gasteiger partial charge in [-0.15, -0.1) is 0 Å². The first-order chi connectivity index (χ1) is 17.7. The number of ether oxygens (including phenoxy) is 1. The SMILES string of the molecule is CC(C)(C)c1ccc(C(=O)Nc2cccc(NC(=O)c3ccc(OCc4ccccc4Cl)cc3)c2)cc1. The zero-order chi connectivity index (χ0) is 26.4. The Labute approximate surface area is 222 Å². The number of carbonyl (C=O) groups excluding carboxylic acids is 2. The number of rotatable bonds is 7. The van der Waals surface area contributed by atoms with E-state index in [1.54, 1.807) is 48.5 Å². The maximum Gasteiger partial charge on any atom is 0.255 e. The summed E-state index contributed by atoms with van der Waals surface area (Å²) < 4.78 is 5.78. The number of anilines is 2. The van der Waals surface area contributed by atoms with Gasteiger partial charge < -0.3 is 15.4 Å². The molecule has 4 aromatic rings. The lowest BCUT2D eigenvalue weighted by Gasteiger charge is -2.19. The lowest BCUT2D eigenvalue weighted by molar-refractivity contribution is 0.101. The fraction of sp³-hybridized carbons (Fsp3) is 0.161. The van der Waals surface area contributed by atoms with Gasteiger partial charge in [0.25, 0.3) is 11.8 Å². The van der Waals surface area contributed by atoms with Crippen molar-refractivity contribution in [3.8, 4) is 5.75 Å². The van der Waals surface area contributed by atoms with Crippen LogP contribution in [0, 0.1) is 0 Å². The molecule has 0 bridgehead atoms. The van der Waals surface area contributed by atoms with Crippen LogP contribution in [0.15, 0.2) is 97.1 Å². The van der Waals surface area contributed by atoms with Crippen molar-refractivity contribution in [1.82, 2.24) is 0 Å². The zero-order valence-electron chi connectivity index (χ0n) is 21.0. The molecule has 0 fully saturated rings. The molecule has 0 aliphatic rings. The Kier molecular flexibility index (Phi) is 7.95. The fourth-order valence-corrected chi connectivity index (χ4v) is 3.87. The van der Waals surface area contributed by atoms with Crippen molar-refractivity contribution >= 4 is 34.8 Å². The van der Waals surface area contributed by atoms with Gasteiger partial charge in [0.1, 0.15) is 12.4 Å². The molecule has 2 N–H and O–H groups in total. The Hall–Kier alpha value is -4.09. The molecule has 0 atom stereocenters. The third-order valence-electron chi connectivity index (χ3n) is 5.86. The van der Waals surface area contributed by atoms with E-state index in [1.807, 2.05) is 48.5 Å². The maximum atomic E-state index is 12.8. The molecule has 0 aliphatic carbocycles. The molecule has 0 radical (unpaired) electrons. The molecule has 0 aliphatic heterocycles. The van der Waals surface area contributed by atoms with Crippen molar-refractivity contribution in [2.24, 2.45) is 0 Å². The highest BCUT2D eigenvalue weighted by Gasteiger charge is 2.15. The van der Waals surface area contributed by atoms with Crippen LogP contribution in [0.25, 0.3) is 0 Å². The molecular weight excluding hydrogens is 484 g/mol. The van der Waals surface area contributed by atoms with E-state index in [1.165, 1.54) is 0 Å². The quantitative estimate of drug-likeness (QED) is 0.266. The molecule has 0 aromatic heterocycles. The summed E-state index contributed by atoms with van der Waals surface area (Å²) >= 11 is 6.17. The van der Waals surface area contributed by atoms with Gasteiger partial charge in [0.05, 0.1) is 0 Å². The summed E-state index contributed by atoms with van der Waals surface area (Å²) in [4.78, 5) is 25.5. The minimum atomic E-state index is -0.265. The summed E-state index contributed by atoms with van der Waals surface area (Å²) in [7, 11) is 0. The van der Waals surface area contributed by atoms with Crippen LogP contribution in [-0.4, -0.2) is 11.8 Å². The second kappa shape index (κ2) is 11.3. The van der Waals surface area contributed by atoms with Gasteiger partial charge in [0.2, 0.25) is 0 Å². The van der Waals surface area contributed by atoms with Gasteiger partial charge in [0.15, 0.2) is 0 Å². The Balaban J connectivity index is 1.35. The van der Waals surface area contributed by atoms with Gasteiger partial charge in [0, 0.05) is 33.1 Å². The molecule has 4 rings (SSSR count).